The van der Waals surface area contributed by atoms with E-state index in [1.54, 1.807) is 0 Å². The van der Waals surface area contributed by atoms with Crippen molar-refractivity contribution >= 4 is 0 Å². The van der Waals surface area contributed by atoms with Crippen LogP contribution in [0, 0.1) is 0 Å². The molecular formula is C52H98O3. The molecule has 0 aliphatic heterocycles. The molecule has 0 saturated carbocycles. The lowest BCUT2D eigenvalue weighted by Gasteiger charge is -2.19. The van der Waals surface area contributed by atoms with Gasteiger partial charge in [-0.25, -0.2) is 0 Å². The summed E-state index contributed by atoms with van der Waals surface area (Å²) in [6.07, 6.45) is 52.4. The molecule has 0 aromatic heterocycles. The third-order valence-electron chi connectivity index (χ3n) is 11.7. The summed E-state index contributed by atoms with van der Waals surface area (Å²) in [4.78, 5) is 0. The number of rotatable bonds is 45. The molecule has 0 amide bonds. The maximum absolute atomic E-state index is 6.60. The van der Waals surface area contributed by atoms with Crippen LogP contribution < -0.4 is 14.2 Å². The molecule has 0 unspecified atom stereocenters. The number of benzene rings is 1. The van der Waals surface area contributed by atoms with Crippen molar-refractivity contribution in [3.63, 3.8) is 0 Å². The van der Waals surface area contributed by atoms with Crippen LogP contribution in [0.1, 0.15) is 277 Å². The lowest BCUT2D eigenvalue weighted by Crippen LogP contribution is -2.07. The molecule has 1 aromatic carbocycles. The Morgan fingerprint density at radius 3 is 0.782 bits per heavy atom. The predicted octanol–water partition coefficient (Wildman–Crippen LogP) is 18.3. The topological polar surface area (TPSA) is 27.7 Å². The van der Waals surface area contributed by atoms with E-state index >= 15 is 0 Å². The van der Waals surface area contributed by atoms with Crippen molar-refractivity contribution in [1.82, 2.24) is 0 Å². The Labute approximate surface area is 346 Å². The number of aryl methyl sites for hydroxylation is 1. The van der Waals surface area contributed by atoms with Crippen molar-refractivity contribution in [2.24, 2.45) is 0 Å². The molecule has 0 heterocycles. The number of ether oxygens (including phenoxy) is 3. The molecule has 324 valence electrons. The molecule has 3 heteroatoms. The van der Waals surface area contributed by atoms with Crippen LogP contribution in [-0.4, -0.2) is 19.8 Å². The standard InChI is InChI=1S/C52H98O3/c1-5-9-13-16-19-22-25-28-31-34-37-40-44-53-50-47-49(43-12-8-4)48-51(54-45-41-38-35-32-29-26-23-20-17-14-10-6-2)52(50)55-46-42-39-36-33-30-27-24-21-18-15-11-7-3/h47-48H,5-46H2,1-4H3. The van der Waals surface area contributed by atoms with Crippen molar-refractivity contribution in [1.29, 1.82) is 0 Å². The zero-order valence-corrected chi connectivity index (χ0v) is 38.1. The van der Waals surface area contributed by atoms with Gasteiger partial charge in [-0.05, 0) is 49.8 Å². The summed E-state index contributed by atoms with van der Waals surface area (Å²) in [5.41, 5.74) is 1.33. The first-order valence-electron chi connectivity index (χ1n) is 25.3. The molecule has 1 aromatic rings. The molecule has 3 nitrogen and oxygen atoms in total. The first kappa shape index (κ1) is 51.6. The Balaban J connectivity index is 2.59. The monoisotopic (exact) mass is 771 g/mol. The molecule has 0 aliphatic carbocycles. The van der Waals surface area contributed by atoms with Gasteiger partial charge in [0, 0.05) is 0 Å². The summed E-state index contributed by atoms with van der Waals surface area (Å²) in [6, 6.07) is 4.54. The Bertz CT molecular complexity index is 846. The molecule has 0 spiro atoms. The van der Waals surface area contributed by atoms with Gasteiger partial charge < -0.3 is 14.2 Å². The summed E-state index contributed by atoms with van der Waals surface area (Å²) in [5, 5.41) is 0. The van der Waals surface area contributed by atoms with E-state index in [1.807, 2.05) is 0 Å². The normalized spacial score (nSPS) is 11.4. The maximum atomic E-state index is 6.60. The fourth-order valence-corrected chi connectivity index (χ4v) is 7.88. The third-order valence-corrected chi connectivity index (χ3v) is 11.7. The van der Waals surface area contributed by atoms with Gasteiger partial charge in [0.2, 0.25) is 5.75 Å². The van der Waals surface area contributed by atoms with Gasteiger partial charge in [-0.1, -0.05) is 246 Å². The third kappa shape index (κ3) is 33.3. The van der Waals surface area contributed by atoms with E-state index in [2.05, 4.69) is 39.8 Å². The second-order valence-corrected chi connectivity index (χ2v) is 17.2. The molecular weight excluding hydrogens is 673 g/mol. The SMILES string of the molecule is CCCCCCCCCCCCCCOc1cc(CCCC)cc(OCCCCCCCCCCCCCC)c1OCCCCCCCCCCCCCC. The van der Waals surface area contributed by atoms with E-state index in [9.17, 15) is 0 Å². The van der Waals surface area contributed by atoms with Crippen LogP contribution in [0.25, 0.3) is 0 Å². The molecule has 0 atom stereocenters. The molecule has 0 saturated heterocycles. The van der Waals surface area contributed by atoms with E-state index < -0.39 is 0 Å². The van der Waals surface area contributed by atoms with E-state index in [0.29, 0.717) is 0 Å². The largest absolute Gasteiger partial charge is 0.490 e. The first-order chi connectivity index (χ1) is 27.3. The van der Waals surface area contributed by atoms with Crippen molar-refractivity contribution in [3.8, 4) is 17.2 Å². The minimum atomic E-state index is 0.746. The molecule has 1 rings (SSSR count). The molecule has 0 bridgehead atoms. The van der Waals surface area contributed by atoms with Gasteiger partial charge in [-0.2, -0.15) is 0 Å². The summed E-state index contributed by atoms with van der Waals surface area (Å²) in [6.45, 7) is 11.5. The van der Waals surface area contributed by atoms with E-state index in [4.69, 9.17) is 14.2 Å². The van der Waals surface area contributed by atoms with Crippen LogP contribution in [0.3, 0.4) is 0 Å². The average molecular weight is 771 g/mol. The van der Waals surface area contributed by atoms with Crippen molar-refractivity contribution in [3.05, 3.63) is 17.7 Å². The first-order valence-corrected chi connectivity index (χ1v) is 25.3. The quantitative estimate of drug-likeness (QED) is 0.0618. The second kappa shape index (κ2) is 42.2. The van der Waals surface area contributed by atoms with Crippen LogP contribution in [0.2, 0.25) is 0 Å². The zero-order valence-electron chi connectivity index (χ0n) is 38.1. The fraction of sp³-hybridized carbons (Fsp3) is 0.885. The molecule has 0 fully saturated rings. The van der Waals surface area contributed by atoms with Gasteiger partial charge in [0.05, 0.1) is 19.8 Å². The molecule has 55 heavy (non-hydrogen) atoms. The summed E-state index contributed by atoms with van der Waals surface area (Å²) in [7, 11) is 0. The minimum absolute atomic E-state index is 0.746. The Morgan fingerprint density at radius 1 is 0.273 bits per heavy atom. The summed E-state index contributed by atoms with van der Waals surface area (Å²) < 4.78 is 19.7. The number of unbranched alkanes of at least 4 members (excludes halogenated alkanes) is 34. The van der Waals surface area contributed by atoms with E-state index in [-0.39, 0.29) is 0 Å². The highest BCUT2D eigenvalue weighted by Crippen LogP contribution is 2.40. The van der Waals surface area contributed by atoms with Gasteiger partial charge in [0.15, 0.2) is 11.5 Å². The van der Waals surface area contributed by atoms with Crippen molar-refractivity contribution in [2.45, 2.75) is 278 Å². The second-order valence-electron chi connectivity index (χ2n) is 17.2. The zero-order chi connectivity index (χ0) is 39.5. The minimum Gasteiger partial charge on any atom is -0.490 e. The van der Waals surface area contributed by atoms with Crippen LogP contribution in [0.5, 0.6) is 17.2 Å². The van der Waals surface area contributed by atoms with Crippen LogP contribution in [0.4, 0.5) is 0 Å². The number of hydrogen-bond acceptors (Lipinski definition) is 3. The lowest BCUT2D eigenvalue weighted by atomic mass is 10.1. The maximum Gasteiger partial charge on any atom is 0.203 e. The Kier molecular flexibility index (Phi) is 39.7. The van der Waals surface area contributed by atoms with Gasteiger partial charge in [0.25, 0.3) is 0 Å². The van der Waals surface area contributed by atoms with Gasteiger partial charge >= 0.3 is 0 Å². The van der Waals surface area contributed by atoms with Crippen LogP contribution in [0.15, 0.2) is 12.1 Å². The van der Waals surface area contributed by atoms with Gasteiger partial charge in [0.1, 0.15) is 0 Å². The molecule has 0 radical (unpaired) electrons. The van der Waals surface area contributed by atoms with Crippen molar-refractivity contribution < 1.29 is 14.2 Å². The average Bonchev–Trinajstić information content (AvgIpc) is 3.19. The molecule has 0 N–H and O–H groups in total. The fourth-order valence-electron chi connectivity index (χ4n) is 7.88. The summed E-state index contributed by atoms with van der Waals surface area (Å²) in [5.74, 6) is 2.70. The summed E-state index contributed by atoms with van der Waals surface area (Å²) >= 11 is 0. The van der Waals surface area contributed by atoms with Gasteiger partial charge in [-0.3, -0.25) is 0 Å². The highest BCUT2D eigenvalue weighted by atomic mass is 16.5. The number of hydrogen-bond donors (Lipinski definition) is 0. The molecule has 0 aliphatic rings. The van der Waals surface area contributed by atoms with Crippen LogP contribution in [-0.2, 0) is 6.42 Å². The smallest absolute Gasteiger partial charge is 0.203 e. The highest BCUT2D eigenvalue weighted by Gasteiger charge is 2.16. The van der Waals surface area contributed by atoms with E-state index in [0.717, 1.165) is 62.8 Å². The Morgan fingerprint density at radius 2 is 0.509 bits per heavy atom. The van der Waals surface area contributed by atoms with E-state index in [1.165, 1.54) is 230 Å². The predicted molar refractivity (Wildman–Crippen MR) is 245 cm³/mol. The lowest BCUT2D eigenvalue weighted by molar-refractivity contribution is 0.234. The van der Waals surface area contributed by atoms with Gasteiger partial charge in [-0.15, -0.1) is 0 Å². The Hall–Kier alpha value is -1.38. The van der Waals surface area contributed by atoms with Crippen molar-refractivity contribution in [2.75, 3.05) is 19.8 Å². The highest BCUT2D eigenvalue weighted by molar-refractivity contribution is 5.54. The van der Waals surface area contributed by atoms with Crippen LogP contribution >= 0.6 is 0 Å².